The highest BCUT2D eigenvalue weighted by Crippen LogP contribution is 2.34. The molecule has 3 rings (SSSR count). The predicted octanol–water partition coefficient (Wildman–Crippen LogP) is 6.13. The molecule has 0 aliphatic heterocycles. The molecule has 5 nitrogen and oxygen atoms in total. The second kappa shape index (κ2) is 10.9. The Balaban J connectivity index is 1.85. The van der Waals surface area contributed by atoms with E-state index in [0.29, 0.717) is 35.1 Å². The Kier molecular flexibility index (Phi) is 7.97. The molecule has 0 spiro atoms. The highest BCUT2D eigenvalue weighted by Gasteiger charge is 2.21. The van der Waals surface area contributed by atoms with Gasteiger partial charge in [-0.05, 0) is 66.8 Å². The van der Waals surface area contributed by atoms with Crippen molar-refractivity contribution in [3.8, 4) is 23.0 Å². The van der Waals surface area contributed by atoms with Gasteiger partial charge in [0.15, 0.2) is 28.8 Å². The summed E-state index contributed by atoms with van der Waals surface area (Å²) in [5, 5.41) is 0. The Bertz CT molecular complexity index is 981. The van der Waals surface area contributed by atoms with Crippen LogP contribution < -0.4 is 18.9 Å². The van der Waals surface area contributed by atoms with Crippen LogP contribution >= 0.6 is 0 Å². The van der Waals surface area contributed by atoms with E-state index in [2.05, 4.69) is 9.47 Å². The zero-order valence-electron chi connectivity index (χ0n) is 17.9. The fourth-order valence-electron chi connectivity index (χ4n) is 3.51. The lowest BCUT2D eigenvalue weighted by Gasteiger charge is -2.17. The molecule has 0 N–H and O–H groups in total. The molecule has 0 aromatic heterocycles. The molecule has 0 atom stereocenters. The highest BCUT2D eigenvalue weighted by atomic mass is 19.3. The van der Waals surface area contributed by atoms with Crippen LogP contribution in [0, 0.1) is 0 Å². The predicted molar refractivity (Wildman–Crippen MR) is 114 cm³/mol. The fraction of sp³-hybridized carbons (Fsp3) is 0.292. The van der Waals surface area contributed by atoms with Crippen LogP contribution in [0.15, 0.2) is 47.5 Å². The summed E-state index contributed by atoms with van der Waals surface area (Å²) in [5.74, 6) is -0.0967. The van der Waals surface area contributed by atoms with Crippen LogP contribution in [0.2, 0.25) is 0 Å². The molecule has 1 saturated carbocycles. The first kappa shape index (κ1) is 24.2. The Morgan fingerprint density at radius 3 is 1.52 bits per heavy atom. The average molecular weight is 466 g/mol. The van der Waals surface area contributed by atoms with Crippen molar-refractivity contribution in [2.24, 2.45) is 0 Å². The first-order valence-corrected chi connectivity index (χ1v) is 10.0. The van der Waals surface area contributed by atoms with Gasteiger partial charge < -0.3 is 18.9 Å². The lowest BCUT2D eigenvalue weighted by Crippen LogP contribution is -2.12. The minimum atomic E-state index is -2.98. The van der Waals surface area contributed by atoms with Gasteiger partial charge in [-0.3, -0.25) is 4.79 Å². The number of Topliss-reactive ketones (excluding diaryl/α,β-unsaturated/α-hetero) is 1. The van der Waals surface area contributed by atoms with Crippen LogP contribution in [-0.2, 0) is 4.79 Å². The minimum Gasteiger partial charge on any atom is -0.493 e. The van der Waals surface area contributed by atoms with Crippen molar-refractivity contribution in [3.63, 3.8) is 0 Å². The molecule has 1 aliphatic rings. The van der Waals surface area contributed by atoms with Gasteiger partial charge in [-0.1, -0.05) is 12.1 Å². The van der Waals surface area contributed by atoms with Gasteiger partial charge in [0.25, 0.3) is 0 Å². The molecule has 0 unspecified atom stereocenters. The lowest BCUT2D eigenvalue weighted by molar-refractivity contribution is -0.112. The number of ketones is 1. The summed E-state index contributed by atoms with van der Waals surface area (Å²) in [5.41, 5.74) is 2.32. The average Bonchev–Trinajstić information content (AvgIpc) is 2.77. The van der Waals surface area contributed by atoms with Crippen molar-refractivity contribution in [1.82, 2.24) is 0 Å². The lowest BCUT2D eigenvalue weighted by atomic mass is 9.87. The third kappa shape index (κ3) is 6.27. The summed E-state index contributed by atoms with van der Waals surface area (Å²) in [6.45, 7) is -5.96. The van der Waals surface area contributed by atoms with E-state index in [-0.39, 0.29) is 28.8 Å². The first-order chi connectivity index (χ1) is 15.8. The zero-order valence-corrected chi connectivity index (χ0v) is 17.9. The molecular formula is C24H22F4O5. The van der Waals surface area contributed by atoms with Gasteiger partial charge >= 0.3 is 13.2 Å². The molecular weight excluding hydrogens is 444 g/mol. The van der Waals surface area contributed by atoms with Gasteiger partial charge in [0.1, 0.15) is 0 Å². The number of benzene rings is 2. The molecule has 0 bridgehead atoms. The number of allylic oxidation sites excluding steroid dienone is 2. The Labute approximate surface area is 188 Å². The fourth-order valence-corrected chi connectivity index (χ4v) is 3.51. The number of rotatable bonds is 8. The Hall–Kier alpha value is -3.49. The number of ether oxygens (including phenoxy) is 4. The van der Waals surface area contributed by atoms with Gasteiger partial charge in [0.2, 0.25) is 0 Å². The van der Waals surface area contributed by atoms with Crippen molar-refractivity contribution in [3.05, 3.63) is 58.7 Å². The Morgan fingerprint density at radius 2 is 1.15 bits per heavy atom. The molecule has 0 saturated heterocycles. The smallest absolute Gasteiger partial charge is 0.387 e. The van der Waals surface area contributed by atoms with E-state index in [1.165, 1.54) is 38.5 Å². The van der Waals surface area contributed by atoms with Crippen LogP contribution in [-0.4, -0.2) is 33.2 Å². The maximum Gasteiger partial charge on any atom is 0.387 e. The maximum absolute atomic E-state index is 13.0. The van der Waals surface area contributed by atoms with Crippen molar-refractivity contribution in [1.29, 1.82) is 0 Å². The van der Waals surface area contributed by atoms with E-state index < -0.39 is 13.2 Å². The number of methoxy groups -OCH3 is 2. The molecule has 0 amide bonds. The summed E-state index contributed by atoms with van der Waals surface area (Å²) < 4.78 is 69.1. The van der Waals surface area contributed by atoms with E-state index in [1.807, 2.05) is 0 Å². The molecule has 176 valence electrons. The van der Waals surface area contributed by atoms with Crippen molar-refractivity contribution in [2.45, 2.75) is 32.5 Å². The number of carbonyl (C=O) groups is 1. The molecule has 2 aromatic rings. The van der Waals surface area contributed by atoms with Crippen molar-refractivity contribution >= 4 is 17.9 Å². The number of alkyl halides is 4. The zero-order chi connectivity index (χ0) is 24.0. The van der Waals surface area contributed by atoms with Crippen LogP contribution in [0.25, 0.3) is 12.2 Å². The van der Waals surface area contributed by atoms with Crippen LogP contribution in [0.1, 0.15) is 30.4 Å². The standard InChI is InChI=1S/C24H22F4O5/c1-30-20-12-14(6-8-18(20)32-23(25)26)10-16-4-3-5-17(22(16)29)11-15-7-9-19(33-24(27)28)21(13-15)31-2/h6-13,23-24H,3-5H2,1-2H3. The minimum absolute atomic E-state index is 0.0987. The summed E-state index contributed by atoms with van der Waals surface area (Å²) in [4.78, 5) is 13.0. The van der Waals surface area contributed by atoms with E-state index in [9.17, 15) is 22.4 Å². The number of hydrogen-bond acceptors (Lipinski definition) is 5. The van der Waals surface area contributed by atoms with E-state index in [1.54, 1.807) is 24.3 Å². The summed E-state index contributed by atoms with van der Waals surface area (Å²) in [7, 11) is 2.67. The molecule has 0 radical (unpaired) electrons. The van der Waals surface area contributed by atoms with E-state index in [0.717, 1.165) is 6.42 Å². The largest absolute Gasteiger partial charge is 0.493 e. The summed E-state index contributed by atoms with van der Waals surface area (Å²) in [6, 6.07) is 8.87. The normalized spacial score (nSPS) is 16.5. The molecule has 1 fully saturated rings. The number of carbonyl (C=O) groups excluding carboxylic acids is 1. The first-order valence-electron chi connectivity index (χ1n) is 10.0. The topological polar surface area (TPSA) is 54.0 Å². The van der Waals surface area contributed by atoms with Gasteiger partial charge in [0, 0.05) is 11.1 Å². The van der Waals surface area contributed by atoms with E-state index >= 15 is 0 Å². The molecule has 1 aliphatic carbocycles. The van der Waals surface area contributed by atoms with Crippen molar-refractivity contribution < 1.29 is 41.3 Å². The SMILES string of the molecule is COc1cc(C=C2CCCC(=Cc3ccc(OC(F)F)c(OC)c3)C2=O)ccc1OC(F)F. The van der Waals surface area contributed by atoms with Gasteiger partial charge in [-0.25, -0.2) is 0 Å². The van der Waals surface area contributed by atoms with Crippen LogP contribution in [0.5, 0.6) is 23.0 Å². The van der Waals surface area contributed by atoms with Crippen LogP contribution in [0.3, 0.4) is 0 Å². The highest BCUT2D eigenvalue weighted by molar-refractivity contribution is 6.14. The molecule has 2 aromatic carbocycles. The van der Waals surface area contributed by atoms with Crippen LogP contribution in [0.4, 0.5) is 17.6 Å². The van der Waals surface area contributed by atoms with Crippen molar-refractivity contribution in [2.75, 3.05) is 14.2 Å². The van der Waals surface area contributed by atoms with Gasteiger partial charge in [0.05, 0.1) is 14.2 Å². The monoisotopic (exact) mass is 466 g/mol. The third-order valence-electron chi connectivity index (χ3n) is 4.96. The third-order valence-corrected chi connectivity index (χ3v) is 4.96. The van der Waals surface area contributed by atoms with Gasteiger partial charge in [-0.2, -0.15) is 17.6 Å². The van der Waals surface area contributed by atoms with E-state index in [4.69, 9.17) is 9.47 Å². The maximum atomic E-state index is 13.0. The second-order valence-corrected chi connectivity index (χ2v) is 7.10. The molecule has 33 heavy (non-hydrogen) atoms. The molecule has 0 heterocycles. The second-order valence-electron chi connectivity index (χ2n) is 7.10. The quantitative estimate of drug-likeness (QED) is 0.346. The van der Waals surface area contributed by atoms with Gasteiger partial charge in [-0.15, -0.1) is 0 Å². The molecule has 9 heteroatoms. The summed E-state index contributed by atoms with van der Waals surface area (Å²) in [6.07, 6.45) is 5.21. The summed E-state index contributed by atoms with van der Waals surface area (Å²) >= 11 is 0. The Morgan fingerprint density at radius 1 is 0.727 bits per heavy atom. The number of hydrogen-bond donors (Lipinski definition) is 0. The number of halogens is 4.